The smallest absolute Gasteiger partial charge is 0.0642 e. The molecule has 1 fully saturated rings. The zero-order chi connectivity index (χ0) is 11.7. The number of hydrogen-bond donors (Lipinski definition) is 1. The Hall–Kier alpha value is -0.730. The SMILES string of the molecule is CC1CCN(c2ccc(C(C)N)cc2Cl)C1. The highest BCUT2D eigenvalue weighted by Gasteiger charge is 2.20. The number of benzene rings is 1. The molecule has 2 rings (SSSR count). The maximum atomic E-state index is 6.30. The molecule has 88 valence electrons. The molecule has 1 aromatic rings. The number of halogens is 1. The van der Waals surface area contributed by atoms with E-state index in [1.807, 2.05) is 13.0 Å². The molecule has 0 radical (unpaired) electrons. The summed E-state index contributed by atoms with van der Waals surface area (Å²) in [6, 6.07) is 6.21. The third kappa shape index (κ3) is 2.33. The minimum atomic E-state index is 0.0454. The van der Waals surface area contributed by atoms with E-state index in [0.29, 0.717) is 0 Å². The molecule has 3 heteroatoms. The fourth-order valence-corrected chi connectivity index (χ4v) is 2.53. The van der Waals surface area contributed by atoms with Crippen molar-refractivity contribution in [3.63, 3.8) is 0 Å². The highest BCUT2D eigenvalue weighted by atomic mass is 35.5. The maximum Gasteiger partial charge on any atom is 0.0642 e. The predicted octanol–water partition coefficient (Wildman–Crippen LogP) is 3.21. The van der Waals surface area contributed by atoms with Crippen molar-refractivity contribution in [2.75, 3.05) is 18.0 Å². The van der Waals surface area contributed by atoms with E-state index < -0.39 is 0 Å². The van der Waals surface area contributed by atoms with Gasteiger partial charge in [-0.05, 0) is 37.0 Å². The maximum absolute atomic E-state index is 6.30. The van der Waals surface area contributed by atoms with Gasteiger partial charge in [0.05, 0.1) is 10.7 Å². The van der Waals surface area contributed by atoms with Crippen molar-refractivity contribution in [3.8, 4) is 0 Å². The van der Waals surface area contributed by atoms with E-state index in [1.54, 1.807) is 0 Å². The average Bonchev–Trinajstić information content (AvgIpc) is 2.64. The van der Waals surface area contributed by atoms with Crippen LogP contribution in [0.3, 0.4) is 0 Å². The molecule has 0 aliphatic carbocycles. The van der Waals surface area contributed by atoms with Crippen molar-refractivity contribution >= 4 is 17.3 Å². The molecule has 1 heterocycles. The lowest BCUT2D eigenvalue weighted by atomic mass is 10.1. The van der Waals surface area contributed by atoms with Crippen LogP contribution in [0, 0.1) is 5.92 Å². The molecule has 1 saturated heterocycles. The highest BCUT2D eigenvalue weighted by molar-refractivity contribution is 6.33. The van der Waals surface area contributed by atoms with E-state index in [-0.39, 0.29) is 6.04 Å². The highest BCUT2D eigenvalue weighted by Crippen LogP contribution is 2.32. The zero-order valence-electron chi connectivity index (χ0n) is 9.91. The second-order valence-electron chi connectivity index (χ2n) is 4.84. The lowest BCUT2D eigenvalue weighted by molar-refractivity contribution is 0.659. The van der Waals surface area contributed by atoms with Crippen LogP contribution in [0.2, 0.25) is 5.02 Å². The van der Waals surface area contributed by atoms with Crippen molar-refractivity contribution in [2.24, 2.45) is 11.7 Å². The standard InChI is InChI=1S/C13H19ClN2/c1-9-5-6-16(8-9)13-4-3-11(10(2)15)7-12(13)14/h3-4,7,9-10H,5-6,8,15H2,1-2H3. The summed E-state index contributed by atoms with van der Waals surface area (Å²) < 4.78 is 0. The first-order valence-electron chi connectivity index (χ1n) is 5.88. The van der Waals surface area contributed by atoms with Crippen molar-refractivity contribution in [1.82, 2.24) is 0 Å². The third-order valence-corrected chi connectivity index (χ3v) is 3.56. The molecule has 0 amide bonds. The van der Waals surface area contributed by atoms with Gasteiger partial charge in [0.1, 0.15) is 0 Å². The summed E-state index contributed by atoms with van der Waals surface area (Å²) >= 11 is 6.30. The van der Waals surface area contributed by atoms with Gasteiger partial charge in [0.15, 0.2) is 0 Å². The molecule has 1 aliphatic heterocycles. The summed E-state index contributed by atoms with van der Waals surface area (Å²) in [7, 11) is 0. The van der Waals surface area contributed by atoms with E-state index in [9.17, 15) is 0 Å². The Labute approximate surface area is 102 Å². The van der Waals surface area contributed by atoms with Gasteiger partial charge in [0.25, 0.3) is 0 Å². The Morgan fingerprint density at radius 1 is 1.50 bits per heavy atom. The number of nitrogens with two attached hydrogens (primary N) is 1. The Balaban J connectivity index is 2.22. The molecule has 0 spiro atoms. The molecular weight excluding hydrogens is 220 g/mol. The van der Waals surface area contributed by atoms with E-state index in [4.69, 9.17) is 17.3 Å². The molecule has 16 heavy (non-hydrogen) atoms. The summed E-state index contributed by atoms with van der Waals surface area (Å²) in [6.45, 7) is 6.48. The molecule has 0 bridgehead atoms. The summed E-state index contributed by atoms with van der Waals surface area (Å²) in [6.07, 6.45) is 1.26. The third-order valence-electron chi connectivity index (χ3n) is 3.26. The van der Waals surface area contributed by atoms with Crippen LogP contribution < -0.4 is 10.6 Å². The summed E-state index contributed by atoms with van der Waals surface area (Å²) in [4.78, 5) is 2.36. The molecular formula is C13H19ClN2. The van der Waals surface area contributed by atoms with Gasteiger partial charge in [-0.1, -0.05) is 24.6 Å². The molecule has 0 saturated carbocycles. The van der Waals surface area contributed by atoms with Crippen LogP contribution in [0.25, 0.3) is 0 Å². The van der Waals surface area contributed by atoms with Gasteiger partial charge in [-0.15, -0.1) is 0 Å². The van der Waals surface area contributed by atoms with Crippen LogP contribution in [-0.2, 0) is 0 Å². The van der Waals surface area contributed by atoms with Gasteiger partial charge in [0, 0.05) is 19.1 Å². The lowest BCUT2D eigenvalue weighted by Gasteiger charge is -2.20. The Bertz CT molecular complexity index is 376. The molecule has 2 N–H and O–H groups in total. The molecule has 1 aliphatic rings. The second kappa shape index (κ2) is 4.64. The quantitative estimate of drug-likeness (QED) is 0.858. The summed E-state index contributed by atoms with van der Waals surface area (Å²) in [5.41, 5.74) is 8.08. The zero-order valence-corrected chi connectivity index (χ0v) is 10.7. The predicted molar refractivity (Wildman–Crippen MR) is 70.0 cm³/mol. The molecule has 0 aromatic heterocycles. The number of nitrogens with zero attached hydrogens (tertiary/aromatic N) is 1. The first-order chi connectivity index (χ1) is 7.58. The van der Waals surface area contributed by atoms with Gasteiger partial charge >= 0.3 is 0 Å². The van der Waals surface area contributed by atoms with Crippen LogP contribution in [0.15, 0.2) is 18.2 Å². The van der Waals surface area contributed by atoms with Gasteiger partial charge in [-0.3, -0.25) is 0 Å². The second-order valence-corrected chi connectivity index (χ2v) is 5.25. The van der Waals surface area contributed by atoms with Crippen LogP contribution in [-0.4, -0.2) is 13.1 Å². The normalized spacial score (nSPS) is 22.5. The van der Waals surface area contributed by atoms with E-state index in [1.165, 1.54) is 6.42 Å². The molecule has 2 atom stereocenters. The summed E-state index contributed by atoms with van der Waals surface area (Å²) in [5, 5.41) is 0.823. The Morgan fingerprint density at radius 3 is 2.75 bits per heavy atom. The summed E-state index contributed by atoms with van der Waals surface area (Å²) in [5.74, 6) is 0.768. The first kappa shape index (κ1) is 11.7. The lowest BCUT2D eigenvalue weighted by Crippen LogP contribution is -2.19. The average molecular weight is 239 g/mol. The molecule has 1 aromatic carbocycles. The largest absolute Gasteiger partial charge is 0.370 e. The number of anilines is 1. The monoisotopic (exact) mass is 238 g/mol. The van der Waals surface area contributed by atoms with Gasteiger partial charge in [-0.25, -0.2) is 0 Å². The Kier molecular flexibility index (Phi) is 3.41. The Morgan fingerprint density at radius 2 is 2.25 bits per heavy atom. The van der Waals surface area contributed by atoms with E-state index >= 15 is 0 Å². The van der Waals surface area contributed by atoms with Crippen LogP contribution >= 0.6 is 11.6 Å². The van der Waals surface area contributed by atoms with Crippen molar-refractivity contribution < 1.29 is 0 Å². The number of hydrogen-bond acceptors (Lipinski definition) is 2. The van der Waals surface area contributed by atoms with E-state index in [0.717, 1.165) is 35.3 Å². The molecule has 2 nitrogen and oxygen atoms in total. The van der Waals surface area contributed by atoms with Crippen LogP contribution in [0.4, 0.5) is 5.69 Å². The van der Waals surface area contributed by atoms with Gasteiger partial charge in [-0.2, -0.15) is 0 Å². The first-order valence-corrected chi connectivity index (χ1v) is 6.25. The minimum Gasteiger partial charge on any atom is -0.370 e. The molecule has 2 unspecified atom stereocenters. The fourth-order valence-electron chi connectivity index (χ4n) is 2.22. The minimum absolute atomic E-state index is 0.0454. The van der Waals surface area contributed by atoms with Gasteiger partial charge in [0.2, 0.25) is 0 Å². The number of rotatable bonds is 2. The van der Waals surface area contributed by atoms with Crippen molar-refractivity contribution in [3.05, 3.63) is 28.8 Å². The topological polar surface area (TPSA) is 29.3 Å². The van der Waals surface area contributed by atoms with Gasteiger partial charge < -0.3 is 10.6 Å². The van der Waals surface area contributed by atoms with Crippen molar-refractivity contribution in [1.29, 1.82) is 0 Å². The van der Waals surface area contributed by atoms with Crippen molar-refractivity contribution in [2.45, 2.75) is 26.3 Å². The fraction of sp³-hybridized carbons (Fsp3) is 0.538. The van der Waals surface area contributed by atoms with E-state index in [2.05, 4.69) is 24.0 Å². The van der Waals surface area contributed by atoms with Crippen LogP contribution in [0.5, 0.6) is 0 Å². The van der Waals surface area contributed by atoms with Crippen LogP contribution in [0.1, 0.15) is 31.9 Å².